The van der Waals surface area contributed by atoms with Crippen molar-refractivity contribution in [3.05, 3.63) is 284 Å². The van der Waals surface area contributed by atoms with E-state index in [4.69, 9.17) is 50.4 Å². The number of nitrogens with two attached hydrogens (primary N) is 3. The Bertz CT molecular complexity index is 5450. The molecule has 0 saturated heterocycles. The first-order chi connectivity index (χ1) is 63.8. The van der Waals surface area contributed by atoms with E-state index in [0.29, 0.717) is 60.0 Å². The summed E-state index contributed by atoms with van der Waals surface area (Å²) in [5.41, 5.74) is 29.6. The summed E-state index contributed by atoms with van der Waals surface area (Å²) in [7, 11) is 0. The Morgan fingerprint density at radius 2 is 0.776 bits per heavy atom. The van der Waals surface area contributed by atoms with Crippen molar-refractivity contribution in [2.75, 3.05) is 37.4 Å². The van der Waals surface area contributed by atoms with Gasteiger partial charge in [0.2, 0.25) is 11.8 Å². The zero-order valence-corrected chi connectivity index (χ0v) is 77.4. The van der Waals surface area contributed by atoms with Crippen LogP contribution in [0.15, 0.2) is 218 Å². The van der Waals surface area contributed by atoms with Crippen molar-refractivity contribution in [2.24, 2.45) is 35.1 Å². The van der Waals surface area contributed by atoms with Crippen molar-refractivity contribution in [1.82, 2.24) is 21.3 Å². The number of hydrogen-bond acceptors (Lipinski definition) is 22. The van der Waals surface area contributed by atoms with Crippen molar-refractivity contribution < 1.29 is 95.6 Å². The molecule has 0 saturated carbocycles. The Labute approximate surface area is 780 Å². The molecule has 2 aliphatic rings. The van der Waals surface area contributed by atoms with Crippen LogP contribution in [-0.2, 0) is 106 Å². The summed E-state index contributed by atoms with van der Waals surface area (Å²) in [6, 6.07) is 62.3. The number of nitro benzene ring substituents is 1. The Balaban J connectivity index is 0.000000259. The first-order valence-corrected chi connectivity index (χ1v) is 44.8. The third-order valence-corrected chi connectivity index (χ3v) is 22.2. The number of primary amides is 2. The third kappa shape index (κ3) is 33.7. The minimum absolute atomic E-state index is 0.00229. The van der Waals surface area contributed by atoms with Gasteiger partial charge in [-0.1, -0.05) is 198 Å². The summed E-state index contributed by atoms with van der Waals surface area (Å²) in [5.74, 6) is -5.03. The lowest BCUT2D eigenvalue weighted by atomic mass is 9.90. The highest BCUT2D eigenvalue weighted by Crippen LogP contribution is 2.46. The quantitative estimate of drug-likeness (QED) is 0.00335. The van der Waals surface area contributed by atoms with Gasteiger partial charge in [0.15, 0.2) is 11.6 Å². The molecule has 9 aromatic rings. The molecule has 0 radical (unpaired) electrons. The van der Waals surface area contributed by atoms with E-state index in [1.807, 2.05) is 178 Å². The van der Waals surface area contributed by atoms with Gasteiger partial charge in [-0.3, -0.25) is 53.8 Å². The molecule has 9 aromatic carbocycles. The highest BCUT2D eigenvalue weighted by molar-refractivity contribution is 5.94. The van der Waals surface area contributed by atoms with Crippen molar-refractivity contribution >= 4 is 88.6 Å². The van der Waals surface area contributed by atoms with Crippen LogP contribution < -0.4 is 48.5 Å². The van der Waals surface area contributed by atoms with Gasteiger partial charge >= 0.3 is 48.2 Å². The molecule has 0 aliphatic heterocycles. The van der Waals surface area contributed by atoms with Gasteiger partial charge in [-0.2, -0.15) is 0 Å². The summed E-state index contributed by atoms with van der Waals surface area (Å²) >= 11 is 0. The van der Waals surface area contributed by atoms with Crippen LogP contribution in [0.25, 0.3) is 22.3 Å². The maximum Gasteiger partial charge on any atom is 0.514 e. The zero-order valence-electron chi connectivity index (χ0n) is 77.4. The number of carbonyl (C=O) groups excluding carboxylic acids is 12. The topological polar surface area (TPSA) is 451 Å². The molecule has 0 spiro atoms. The molecular weight excluding hydrogens is 1710 g/mol. The summed E-state index contributed by atoms with van der Waals surface area (Å²) < 4.78 is 37.8. The number of carbonyl (C=O) groups is 12. The smallest absolute Gasteiger partial charge is 0.465 e. The predicted octanol–water partition coefficient (Wildman–Crippen LogP) is 16.7. The SMILES string of the molecule is CC(C)(C)OC(=O)CCc1ccc(N)cc1.CC(C)[C@H](CC(=O)OCC1c2ccccc2-c2ccccc21)C(=O)N[C@@H](CCCNC(N)=O)C(=O)Cc1ccc(COC(=O)Nc2ccc(CCC(=O)OC(C)(C)C)cc2)cc1.CC(C)[C@H](CC(=O)OCC1c2ccccc2-c2ccccc21)C(=O)N[C@@H](CCCNC(N)=O)C(=O)Cc1ccc(COC(=O)Oc2ccc([N+](=O)[O-])cc2)cc1. The van der Waals surface area contributed by atoms with Crippen LogP contribution in [0.5, 0.6) is 5.75 Å². The van der Waals surface area contributed by atoms with Gasteiger partial charge in [0, 0.05) is 74.1 Å². The van der Waals surface area contributed by atoms with Gasteiger partial charge in [0.25, 0.3) is 5.69 Å². The number of ketones is 2. The summed E-state index contributed by atoms with van der Waals surface area (Å²) in [4.78, 5) is 162. The summed E-state index contributed by atoms with van der Waals surface area (Å²) in [5, 5.41) is 24.3. The lowest BCUT2D eigenvalue weighted by Gasteiger charge is -2.24. The van der Waals surface area contributed by atoms with E-state index < -0.39 is 88.1 Å². The number of nitrogens with zero attached hydrogens (tertiary/aromatic N) is 1. The number of aryl methyl sites for hydroxylation is 2. The van der Waals surface area contributed by atoms with Crippen LogP contribution in [0.2, 0.25) is 0 Å². The van der Waals surface area contributed by atoms with E-state index in [-0.39, 0.29) is 143 Å². The highest BCUT2D eigenvalue weighted by atomic mass is 16.7. The average Bonchev–Trinajstić information content (AvgIpc) is 1.62. The molecule has 2 aliphatic carbocycles. The maximum atomic E-state index is 13.8. The average molecular weight is 1830 g/mol. The largest absolute Gasteiger partial charge is 0.514 e. The van der Waals surface area contributed by atoms with E-state index in [1.165, 1.54) is 24.3 Å². The zero-order chi connectivity index (χ0) is 97.2. The molecule has 0 heterocycles. The molecule has 0 bridgehead atoms. The molecule has 30 heteroatoms. The second kappa shape index (κ2) is 50.2. The molecule has 11 N–H and O–H groups in total. The second-order valence-corrected chi connectivity index (χ2v) is 35.5. The first-order valence-electron chi connectivity index (χ1n) is 44.8. The fraction of sp³-hybridized carbons (Fsp3) is 0.365. The van der Waals surface area contributed by atoms with E-state index in [0.717, 1.165) is 61.3 Å². The van der Waals surface area contributed by atoms with E-state index in [1.54, 1.807) is 60.7 Å². The van der Waals surface area contributed by atoms with Gasteiger partial charge in [-0.25, -0.2) is 19.2 Å². The molecule has 134 heavy (non-hydrogen) atoms. The van der Waals surface area contributed by atoms with Gasteiger partial charge in [0.05, 0.1) is 41.7 Å². The number of fused-ring (bicyclic) bond motifs is 6. The lowest BCUT2D eigenvalue weighted by molar-refractivity contribution is -0.384. The number of nitrogen functional groups attached to an aromatic ring is 1. The van der Waals surface area contributed by atoms with Crippen LogP contribution in [0.3, 0.4) is 0 Å². The summed E-state index contributed by atoms with van der Waals surface area (Å²) in [6.07, 6.45) is 1.01. The number of esters is 4. The molecule has 0 fully saturated rings. The predicted molar refractivity (Wildman–Crippen MR) is 506 cm³/mol. The number of non-ortho nitro benzene ring substituents is 1. The van der Waals surface area contributed by atoms with Crippen LogP contribution in [-0.4, -0.2) is 126 Å². The molecule has 7 amide bonds. The number of hydrogen-bond donors (Lipinski definition) is 8. The monoisotopic (exact) mass is 1830 g/mol. The Morgan fingerprint density at radius 3 is 1.13 bits per heavy atom. The van der Waals surface area contributed by atoms with E-state index in [2.05, 4.69) is 50.8 Å². The number of nitro groups is 1. The molecule has 4 atom stereocenters. The number of benzene rings is 9. The summed E-state index contributed by atoms with van der Waals surface area (Å²) in [6.45, 7) is 19.0. The van der Waals surface area contributed by atoms with Crippen molar-refractivity contribution in [1.29, 1.82) is 0 Å². The minimum atomic E-state index is -0.999. The van der Waals surface area contributed by atoms with Crippen molar-refractivity contribution in [2.45, 2.75) is 195 Å². The molecule has 0 aromatic heterocycles. The Kier molecular flexibility index (Phi) is 38.6. The van der Waals surface area contributed by atoms with Gasteiger partial charge in [0.1, 0.15) is 43.4 Å². The number of anilines is 2. The van der Waals surface area contributed by atoms with Crippen molar-refractivity contribution in [3.8, 4) is 28.0 Å². The van der Waals surface area contributed by atoms with Crippen LogP contribution in [0.4, 0.5) is 36.2 Å². The first kappa shape index (κ1) is 103. The Hall–Kier alpha value is -14.6. The molecular formula is C104H121N9O21. The van der Waals surface area contributed by atoms with Gasteiger partial charge in [-0.05, 0) is 206 Å². The molecule has 708 valence electrons. The minimum Gasteiger partial charge on any atom is -0.465 e. The van der Waals surface area contributed by atoms with E-state index in [9.17, 15) is 67.6 Å². The van der Waals surface area contributed by atoms with Crippen LogP contribution in [0.1, 0.15) is 188 Å². The molecule has 0 unspecified atom stereocenters. The number of amides is 7. The second-order valence-electron chi connectivity index (χ2n) is 35.5. The molecule has 30 nitrogen and oxygen atoms in total. The maximum absolute atomic E-state index is 13.8. The van der Waals surface area contributed by atoms with Gasteiger partial charge in [-0.15, -0.1) is 0 Å². The molecule has 11 rings (SSSR count). The van der Waals surface area contributed by atoms with Crippen LogP contribution >= 0.6 is 0 Å². The number of nitrogens with one attached hydrogen (secondary N) is 5. The Morgan fingerprint density at radius 1 is 0.425 bits per heavy atom. The highest BCUT2D eigenvalue weighted by Gasteiger charge is 2.36. The van der Waals surface area contributed by atoms with Gasteiger partial charge < -0.3 is 71.6 Å². The standard InChI is InChI=1S/C49H58N4O9.C42H44N4O10.C13H19NO2/c1-31(2)40(28-45(56)60-30-41-38-13-8-6-11-36(38)37-12-7-9-14-39(37)41)46(57)53-42(15-10-26-51-47(50)58)43(54)27-33-16-18-34(19-17-33)29-61-48(59)52-35-23-20-32(21-24-35)22-25-44(55)62-49(3,4)5;1-26(2)35(23-39(48)54-25-36-33-10-5-3-8-31(33)32-9-4-6-11-34(32)36)40(49)45-37(12-7-21-44-41(43)50)38(47)22-27-13-15-28(16-14-27)24-55-42(51)56-30-19-17-29(18-20-30)46(52)53;1-13(2,3)16-12(15)9-6-10-4-7-11(14)8-5-10/h6-9,11-14,16-21,23-24,31,40-42H,10,15,22,25-30H2,1-5H3,(H,52,59)(H,53,57)(H3,50,51,58);3-6,8-11,13-20,26,35-37H,7,12,21-25H2,1-2H3,(H,45,49)(H3,43,44,50);4-5,7-8H,6,9,14H2,1-3H3/t40-,42-;35-,37-;/m00./s1. The van der Waals surface area contributed by atoms with E-state index >= 15 is 0 Å². The number of urea groups is 2. The lowest BCUT2D eigenvalue weighted by Crippen LogP contribution is -2.46. The normalized spacial score (nSPS) is 12.7. The number of rotatable bonds is 41. The number of Topliss-reactive ketones (excluding diaryl/α,β-unsaturated/α-hetero) is 2. The fourth-order valence-corrected chi connectivity index (χ4v) is 15.3. The fourth-order valence-electron chi connectivity index (χ4n) is 15.3. The third-order valence-electron chi connectivity index (χ3n) is 22.2. The van der Waals surface area contributed by atoms with Crippen molar-refractivity contribution in [3.63, 3.8) is 0 Å². The van der Waals surface area contributed by atoms with Crippen LogP contribution in [0, 0.1) is 33.8 Å². The number of ether oxygens (including phenoxy) is 7.